The number of hydrogen-bond donors (Lipinski definition) is 4. The summed E-state index contributed by atoms with van der Waals surface area (Å²) in [6, 6.07) is 17.4. The van der Waals surface area contributed by atoms with E-state index in [1.165, 1.54) is 21.1 Å². The van der Waals surface area contributed by atoms with Gasteiger partial charge in [-0.05, 0) is 93.2 Å². The van der Waals surface area contributed by atoms with E-state index in [4.69, 9.17) is 21.3 Å². The third-order valence-corrected chi connectivity index (χ3v) is 10.7. The SMILES string of the molecule is Cc1sc2c(c1C)C(c1ccc(Cl)cc1)=N[C@@H](CCNCCOc1ccc(-n3c(O)nnc3-c3cc(C(C)C)c(O)cc3O)cc1)c1nnc(C)n1-2. The van der Waals surface area contributed by atoms with Gasteiger partial charge < -0.3 is 25.4 Å². The highest BCUT2D eigenvalue weighted by atomic mass is 35.5. The number of halogens is 1. The van der Waals surface area contributed by atoms with Crippen LogP contribution in [-0.4, -0.2) is 70.3 Å². The highest BCUT2D eigenvalue weighted by molar-refractivity contribution is 7.15. The van der Waals surface area contributed by atoms with Crippen LogP contribution < -0.4 is 10.1 Å². The van der Waals surface area contributed by atoms with Crippen molar-refractivity contribution >= 4 is 28.6 Å². The van der Waals surface area contributed by atoms with E-state index in [0.717, 1.165) is 33.5 Å². The van der Waals surface area contributed by atoms with Crippen molar-refractivity contribution in [2.45, 2.75) is 53.0 Å². The third-order valence-electron chi connectivity index (χ3n) is 9.25. The number of aliphatic imine (C=N–C) groups is 1. The van der Waals surface area contributed by atoms with Gasteiger partial charge in [-0.1, -0.05) is 42.7 Å². The van der Waals surface area contributed by atoms with Crippen LogP contribution in [0.3, 0.4) is 0 Å². The van der Waals surface area contributed by atoms with Crippen LogP contribution in [0.4, 0.5) is 0 Å². The highest BCUT2D eigenvalue weighted by Gasteiger charge is 2.31. The van der Waals surface area contributed by atoms with E-state index < -0.39 is 0 Å². The minimum atomic E-state index is -0.334. The first-order valence-corrected chi connectivity index (χ1v) is 18.2. The monoisotopic (exact) mass is 738 g/mol. The van der Waals surface area contributed by atoms with Crippen molar-refractivity contribution in [2.24, 2.45) is 4.99 Å². The van der Waals surface area contributed by atoms with Crippen LogP contribution in [-0.2, 0) is 0 Å². The van der Waals surface area contributed by atoms with Gasteiger partial charge in [0.2, 0.25) is 0 Å². The Bertz CT molecular complexity index is 2280. The molecule has 0 spiro atoms. The van der Waals surface area contributed by atoms with E-state index in [1.54, 1.807) is 41.7 Å². The molecule has 14 heteroatoms. The van der Waals surface area contributed by atoms with Crippen molar-refractivity contribution in [1.82, 2.24) is 34.8 Å². The summed E-state index contributed by atoms with van der Waals surface area (Å²) in [6.07, 6.45) is 0.705. The first-order chi connectivity index (χ1) is 25.0. The molecule has 52 heavy (non-hydrogen) atoms. The summed E-state index contributed by atoms with van der Waals surface area (Å²) in [5, 5.41) is 53.7. The number of phenols is 2. The number of ether oxygens (including phenoxy) is 1. The third kappa shape index (κ3) is 6.62. The number of rotatable bonds is 11. The summed E-state index contributed by atoms with van der Waals surface area (Å²) in [4.78, 5) is 6.56. The Kier molecular flexibility index (Phi) is 9.75. The van der Waals surface area contributed by atoms with Crippen molar-refractivity contribution in [1.29, 1.82) is 0 Å². The number of hydrogen-bond acceptors (Lipinski definition) is 11. The molecule has 1 aliphatic rings. The predicted octanol–water partition coefficient (Wildman–Crippen LogP) is 7.35. The number of nitrogens with one attached hydrogen (secondary N) is 1. The number of fused-ring (bicyclic) bond motifs is 3. The van der Waals surface area contributed by atoms with Gasteiger partial charge in [-0.15, -0.1) is 26.6 Å². The highest BCUT2D eigenvalue weighted by Crippen LogP contribution is 2.41. The molecule has 4 heterocycles. The molecule has 7 rings (SSSR count). The molecule has 0 amide bonds. The van der Waals surface area contributed by atoms with Crippen LogP contribution in [0, 0.1) is 20.8 Å². The van der Waals surface area contributed by atoms with Crippen LogP contribution in [0.5, 0.6) is 23.3 Å². The topological polar surface area (TPSA) is 156 Å². The summed E-state index contributed by atoms with van der Waals surface area (Å²) in [6.45, 7) is 11.8. The van der Waals surface area contributed by atoms with Crippen molar-refractivity contribution in [2.75, 3.05) is 19.7 Å². The first kappa shape index (κ1) is 35.2. The standard InChI is InChI=1S/C38H39ClN8O4S/c1-20(2)28-18-29(32(49)19-31(28)48)35-43-45-38(50)47(35)26-10-12-27(13-11-26)51-17-16-40-15-14-30-36-44-42-23(5)46(36)37-33(21(3)22(4)52-37)34(41-30)24-6-8-25(39)9-7-24/h6-13,18-20,30,40,48-49H,14-17H2,1-5H3,(H,45,50)/t30-/m0/s1. The Morgan fingerprint density at radius 2 is 1.63 bits per heavy atom. The van der Waals surface area contributed by atoms with Gasteiger partial charge in [-0.2, -0.15) is 0 Å². The maximum Gasteiger partial charge on any atom is 0.319 e. The molecule has 0 unspecified atom stereocenters. The molecule has 0 saturated carbocycles. The molecule has 0 fully saturated rings. The van der Waals surface area contributed by atoms with E-state index in [1.807, 2.05) is 45.0 Å². The number of aromatic nitrogens is 6. The maximum absolute atomic E-state index is 10.6. The molecule has 3 aromatic heterocycles. The Hall–Kier alpha value is -5.24. The number of aromatic hydroxyl groups is 3. The lowest BCUT2D eigenvalue weighted by Gasteiger charge is -2.14. The normalized spacial score (nSPS) is 13.9. The van der Waals surface area contributed by atoms with Gasteiger partial charge in [0.1, 0.15) is 40.7 Å². The zero-order valence-electron chi connectivity index (χ0n) is 29.4. The summed E-state index contributed by atoms with van der Waals surface area (Å²) in [7, 11) is 0. The molecule has 4 N–H and O–H groups in total. The fourth-order valence-electron chi connectivity index (χ4n) is 6.41. The average Bonchev–Trinajstić information content (AvgIpc) is 3.75. The molecule has 0 saturated heterocycles. The van der Waals surface area contributed by atoms with Crippen LogP contribution in [0.25, 0.3) is 22.1 Å². The molecule has 0 radical (unpaired) electrons. The second-order valence-corrected chi connectivity index (χ2v) is 14.7. The minimum Gasteiger partial charge on any atom is -0.508 e. The Morgan fingerprint density at radius 3 is 2.37 bits per heavy atom. The van der Waals surface area contributed by atoms with Gasteiger partial charge in [-0.3, -0.25) is 9.56 Å². The van der Waals surface area contributed by atoms with Crippen molar-refractivity contribution in [3.05, 3.63) is 104 Å². The molecule has 1 aliphatic heterocycles. The van der Waals surface area contributed by atoms with Gasteiger partial charge in [-0.25, -0.2) is 4.57 Å². The predicted molar refractivity (Wildman–Crippen MR) is 202 cm³/mol. The number of nitrogens with zero attached hydrogens (tertiary/aromatic N) is 7. The zero-order valence-corrected chi connectivity index (χ0v) is 31.0. The van der Waals surface area contributed by atoms with Crippen molar-refractivity contribution in [3.8, 4) is 45.3 Å². The van der Waals surface area contributed by atoms with Crippen molar-refractivity contribution in [3.63, 3.8) is 0 Å². The molecule has 1 atom stereocenters. The first-order valence-electron chi connectivity index (χ1n) is 17.0. The summed E-state index contributed by atoms with van der Waals surface area (Å²) < 4.78 is 9.60. The molecule has 0 bridgehead atoms. The fraction of sp³-hybridized carbons (Fsp3) is 0.289. The summed E-state index contributed by atoms with van der Waals surface area (Å²) >= 11 is 7.98. The summed E-state index contributed by atoms with van der Waals surface area (Å²) in [5.41, 5.74) is 5.81. The molecule has 0 aliphatic carbocycles. The lowest BCUT2D eigenvalue weighted by molar-refractivity contribution is 0.313. The second-order valence-electron chi connectivity index (χ2n) is 13.0. The van der Waals surface area contributed by atoms with Crippen LogP contribution in [0.1, 0.15) is 71.0 Å². The van der Waals surface area contributed by atoms with Gasteiger partial charge in [0, 0.05) is 33.6 Å². The zero-order chi connectivity index (χ0) is 36.7. The Labute approximate surface area is 310 Å². The van der Waals surface area contributed by atoms with E-state index in [2.05, 4.69) is 44.1 Å². The number of aryl methyl sites for hydroxylation is 2. The molecular weight excluding hydrogens is 700 g/mol. The number of phenolic OH excluding ortho intramolecular Hbond substituents is 2. The average molecular weight is 739 g/mol. The maximum atomic E-state index is 10.6. The van der Waals surface area contributed by atoms with Gasteiger partial charge >= 0.3 is 6.01 Å². The van der Waals surface area contributed by atoms with Crippen molar-refractivity contribution < 1.29 is 20.1 Å². The Morgan fingerprint density at radius 1 is 0.885 bits per heavy atom. The minimum absolute atomic E-state index is 0.00270. The van der Waals surface area contributed by atoms with Gasteiger partial charge in [0.15, 0.2) is 11.6 Å². The van der Waals surface area contributed by atoms with E-state index >= 15 is 0 Å². The molecular formula is C38H39ClN8O4S. The molecule has 3 aromatic carbocycles. The van der Waals surface area contributed by atoms with Gasteiger partial charge in [0.05, 0.1) is 17.0 Å². The lowest BCUT2D eigenvalue weighted by atomic mass is 9.98. The number of thiophene rings is 1. The molecule has 12 nitrogen and oxygen atoms in total. The number of benzene rings is 3. The fourth-order valence-corrected chi connectivity index (χ4v) is 7.75. The van der Waals surface area contributed by atoms with Gasteiger partial charge in [0.25, 0.3) is 0 Å². The van der Waals surface area contributed by atoms with E-state index in [-0.39, 0.29) is 35.3 Å². The molecule has 268 valence electrons. The van der Waals surface area contributed by atoms with E-state index in [0.29, 0.717) is 53.7 Å². The van der Waals surface area contributed by atoms with Crippen LogP contribution >= 0.6 is 22.9 Å². The quantitative estimate of drug-likeness (QED) is 0.0999. The largest absolute Gasteiger partial charge is 0.508 e. The van der Waals surface area contributed by atoms with E-state index in [9.17, 15) is 15.3 Å². The summed E-state index contributed by atoms with van der Waals surface area (Å²) in [5.74, 6) is 2.36. The Balaban J connectivity index is 1.01. The second kappa shape index (κ2) is 14.4. The lowest BCUT2D eigenvalue weighted by Crippen LogP contribution is -2.23. The van der Waals surface area contributed by atoms with Crippen LogP contribution in [0.15, 0.2) is 65.7 Å². The van der Waals surface area contributed by atoms with Crippen LogP contribution in [0.2, 0.25) is 5.02 Å². The smallest absolute Gasteiger partial charge is 0.319 e. The molecule has 6 aromatic rings.